The van der Waals surface area contributed by atoms with Gasteiger partial charge in [0, 0.05) is 49.9 Å². The summed E-state index contributed by atoms with van der Waals surface area (Å²) >= 11 is 1.51. The second-order valence-corrected chi connectivity index (χ2v) is 7.75. The van der Waals surface area contributed by atoms with Crippen LogP contribution in [0, 0.1) is 11.3 Å². The number of thiazole rings is 1. The minimum Gasteiger partial charge on any atom is -0.354 e. The van der Waals surface area contributed by atoms with E-state index < -0.39 is 0 Å². The van der Waals surface area contributed by atoms with E-state index in [2.05, 4.69) is 47.6 Å². The number of rotatable bonds is 6. The molecule has 2 N–H and O–H groups in total. The highest BCUT2D eigenvalue weighted by atomic mass is 32.1. The van der Waals surface area contributed by atoms with E-state index in [0.29, 0.717) is 12.4 Å². The maximum absolute atomic E-state index is 11.8. The van der Waals surface area contributed by atoms with Crippen molar-refractivity contribution in [2.45, 2.75) is 13.0 Å². The Bertz CT molecular complexity index is 1150. The number of amides is 1. The second-order valence-electron chi connectivity index (χ2n) is 6.85. The van der Waals surface area contributed by atoms with Crippen LogP contribution in [0.3, 0.4) is 0 Å². The lowest BCUT2D eigenvalue weighted by molar-refractivity contribution is 0.0958. The maximum Gasteiger partial charge on any atom is 0.269 e. The first-order valence-corrected chi connectivity index (χ1v) is 10.6. The first-order chi connectivity index (χ1) is 15.2. The van der Waals surface area contributed by atoms with Crippen molar-refractivity contribution in [3.63, 3.8) is 0 Å². The topological polar surface area (TPSA) is 120 Å². The quantitative estimate of drug-likeness (QED) is 0.610. The summed E-state index contributed by atoms with van der Waals surface area (Å²) in [5.74, 6) is 0.412. The molecule has 0 radical (unpaired) electrons. The van der Waals surface area contributed by atoms with Gasteiger partial charge in [-0.05, 0) is 24.1 Å². The van der Waals surface area contributed by atoms with Crippen molar-refractivity contribution in [1.29, 1.82) is 5.26 Å². The molecule has 0 saturated carbocycles. The summed E-state index contributed by atoms with van der Waals surface area (Å²) in [5.41, 5.74) is 3.28. The molecule has 31 heavy (non-hydrogen) atoms. The third-order valence-electron chi connectivity index (χ3n) is 4.88. The summed E-state index contributed by atoms with van der Waals surface area (Å²) in [4.78, 5) is 31.1. The van der Waals surface area contributed by atoms with Gasteiger partial charge in [0.25, 0.3) is 5.91 Å². The number of aromatic nitrogens is 4. The molecule has 0 saturated heterocycles. The molecule has 9 nitrogen and oxygen atoms in total. The number of pyridine rings is 1. The summed E-state index contributed by atoms with van der Waals surface area (Å²) < 4.78 is 0. The van der Waals surface area contributed by atoms with E-state index in [1.165, 1.54) is 18.4 Å². The number of hydrogen-bond donors (Lipinski definition) is 2. The van der Waals surface area contributed by atoms with Gasteiger partial charge < -0.3 is 10.6 Å². The first kappa shape index (κ1) is 20.6. The van der Waals surface area contributed by atoms with Crippen LogP contribution in [0.1, 0.15) is 33.9 Å². The molecule has 0 spiro atoms. The van der Waals surface area contributed by atoms with Crippen LogP contribution in [0.5, 0.6) is 0 Å². The number of hydrogen-bond acceptors (Lipinski definition) is 9. The van der Waals surface area contributed by atoms with E-state index >= 15 is 0 Å². The lowest BCUT2D eigenvalue weighted by Gasteiger charge is -2.26. The number of carbonyl (C=O) groups is 1. The molecule has 0 bridgehead atoms. The molecule has 156 valence electrons. The fourth-order valence-corrected chi connectivity index (χ4v) is 3.87. The van der Waals surface area contributed by atoms with Crippen molar-refractivity contribution >= 4 is 33.8 Å². The molecule has 1 aliphatic heterocycles. The predicted molar refractivity (Wildman–Crippen MR) is 118 cm³/mol. The highest BCUT2D eigenvalue weighted by Gasteiger charge is 2.18. The molecule has 3 aromatic heterocycles. The van der Waals surface area contributed by atoms with Crippen molar-refractivity contribution < 1.29 is 4.79 Å². The van der Waals surface area contributed by atoms with Gasteiger partial charge in [-0.3, -0.25) is 9.69 Å². The monoisotopic (exact) mass is 432 g/mol. The van der Waals surface area contributed by atoms with Gasteiger partial charge in [0.05, 0.1) is 5.69 Å². The van der Waals surface area contributed by atoms with Gasteiger partial charge in [-0.25, -0.2) is 19.9 Å². The van der Waals surface area contributed by atoms with Gasteiger partial charge in [-0.1, -0.05) is 6.08 Å². The zero-order valence-corrected chi connectivity index (χ0v) is 17.7. The van der Waals surface area contributed by atoms with Crippen LogP contribution in [-0.2, 0) is 6.54 Å². The second kappa shape index (κ2) is 9.42. The molecule has 0 unspecified atom stereocenters. The maximum atomic E-state index is 11.8. The summed E-state index contributed by atoms with van der Waals surface area (Å²) in [5, 5.41) is 17.9. The number of nitriles is 1. The van der Waals surface area contributed by atoms with E-state index in [0.717, 1.165) is 41.5 Å². The molecule has 1 amide bonds. The Morgan fingerprint density at radius 3 is 2.94 bits per heavy atom. The van der Waals surface area contributed by atoms with Crippen LogP contribution in [0.4, 0.5) is 10.9 Å². The third kappa shape index (κ3) is 4.91. The van der Waals surface area contributed by atoms with Gasteiger partial charge >= 0.3 is 0 Å². The highest BCUT2D eigenvalue weighted by molar-refractivity contribution is 7.13. The van der Waals surface area contributed by atoms with Crippen molar-refractivity contribution in [1.82, 2.24) is 30.2 Å². The fraction of sp³-hybridized carbons (Fsp3) is 0.238. The van der Waals surface area contributed by atoms with Gasteiger partial charge in [0.2, 0.25) is 0 Å². The molecule has 0 aliphatic carbocycles. The Morgan fingerprint density at radius 2 is 2.23 bits per heavy atom. The van der Waals surface area contributed by atoms with Gasteiger partial charge in [-0.2, -0.15) is 5.26 Å². The van der Waals surface area contributed by atoms with Crippen LogP contribution in [0.2, 0.25) is 0 Å². The van der Waals surface area contributed by atoms with Crippen LogP contribution >= 0.6 is 11.3 Å². The van der Waals surface area contributed by atoms with E-state index in [-0.39, 0.29) is 17.3 Å². The minimum atomic E-state index is -0.305. The Morgan fingerprint density at radius 1 is 1.32 bits per heavy atom. The molecule has 0 atom stereocenters. The zero-order chi connectivity index (χ0) is 21.6. The lowest BCUT2D eigenvalue weighted by Crippen LogP contribution is -2.28. The standard InChI is InChI=1S/C21H20N8OS/c1-23-20(30)17-3-2-16(18(11-22)27-17)14-4-7-29(8-5-14)12-15-10-19(26-13-25-15)28-21-24-6-9-31-21/h2-4,6,9-10,13H,5,7-8,12H2,1H3,(H,23,30)(H,24,25,26,28). The molecule has 1 aliphatic rings. The van der Waals surface area contributed by atoms with Gasteiger partial charge in [0.1, 0.15) is 29.6 Å². The Labute approximate surface area is 183 Å². The lowest BCUT2D eigenvalue weighted by atomic mass is 9.97. The predicted octanol–water partition coefficient (Wildman–Crippen LogP) is 2.59. The number of anilines is 2. The summed E-state index contributed by atoms with van der Waals surface area (Å²) in [6.45, 7) is 2.25. The van der Waals surface area contributed by atoms with Gasteiger partial charge in [0.15, 0.2) is 5.13 Å². The zero-order valence-electron chi connectivity index (χ0n) is 16.9. The molecular formula is C21H20N8OS. The third-order valence-corrected chi connectivity index (χ3v) is 5.57. The molecule has 0 aromatic carbocycles. The van der Waals surface area contributed by atoms with E-state index in [1.807, 2.05) is 11.4 Å². The Kier molecular flexibility index (Phi) is 6.26. The minimum absolute atomic E-state index is 0.242. The average molecular weight is 433 g/mol. The molecule has 4 rings (SSSR count). The Hall–Kier alpha value is -3.68. The Balaban J connectivity index is 1.43. The average Bonchev–Trinajstić information content (AvgIpc) is 3.32. The van der Waals surface area contributed by atoms with Crippen molar-refractivity contribution in [3.8, 4) is 6.07 Å². The number of nitrogens with zero attached hydrogens (tertiary/aromatic N) is 6. The van der Waals surface area contributed by atoms with Gasteiger partial charge in [-0.15, -0.1) is 11.3 Å². The normalized spacial score (nSPS) is 13.9. The summed E-state index contributed by atoms with van der Waals surface area (Å²) in [7, 11) is 1.54. The number of carbonyl (C=O) groups excluding carboxylic acids is 1. The highest BCUT2D eigenvalue weighted by Crippen LogP contribution is 2.25. The van der Waals surface area contributed by atoms with E-state index in [1.54, 1.807) is 24.7 Å². The van der Waals surface area contributed by atoms with Crippen molar-refractivity contribution in [2.24, 2.45) is 0 Å². The van der Waals surface area contributed by atoms with Crippen LogP contribution in [-0.4, -0.2) is 50.9 Å². The smallest absolute Gasteiger partial charge is 0.269 e. The molecule has 0 fully saturated rings. The van der Waals surface area contributed by atoms with E-state index in [9.17, 15) is 10.1 Å². The molecular weight excluding hydrogens is 412 g/mol. The largest absolute Gasteiger partial charge is 0.354 e. The molecule has 4 heterocycles. The summed E-state index contributed by atoms with van der Waals surface area (Å²) in [6, 6.07) is 7.50. The molecule has 3 aromatic rings. The summed E-state index contributed by atoms with van der Waals surface area (Å²) in [6.07, 6.45) is 6.18. The SMILES string of the molecule is CNC(=O)c1ccc(C2=CCN(Cc3cc(Nc4nccs4)ncn3)CC2)c(C#N)n1. The van der Waals surface area contributed by atoms with Crippen LogP contribution in [0.25, 0.3) is 5.57 Å². The van der Waals surface area contributed by atoms with Crippen LogP contribution in [0.15, 0.2) is 42.2 Å². The first-order valence-electron chi connectivity index (χ1n) is 9.68. The molecule has 10 heteroatoms. The van der Waals surface area contributed by atoms with Crippen molar-refractivity contribution in [3.05, 3.63) is 64.8 Å². The van der Waals surface area contributed by atoms with Crippen LogP contribution < -0.4 is 10.6 Å². The number of nitrogens with one attached hydrogen (secondary N) is 2. The fourth-order valence-electron chi connectivity index (χ4n) is 3.33. The van der Waals surface area contributed by atoms with Crippen molar-refractivity contribution in [2.75, 3.05) is 25.5 Å². The van der Waals surface area contributed by atoms with E-state index in [4.69, 9.17) is 0 Å².